The van der Waals surface area contributed by atoms with Crippen molar-refractivity contribution in [2.45, 2.75) is 46.4 Å². The van der Waals surface area contributed by atoms with Crippen molar-refractivity contribution < 1.29 is 9.47 Å². The van der Waals surface area contributed by atoms with Crippen molar-refractivity contribution in [2.75, 3.05) is 10.7 Å². The molecule has 6 heteroatoms. The molecule has 0 aliphatic rings. The Balaban J connectivity index is 1.94. The maximum atomic E-state index is 6.45. The monoisotopic (exact) mass is 420 g/mol. The highest BCUT2D eigenvalue weighted by Crippen LogP contribution is 2.36. The van der Waals surface area contributed by atoms with Gasteiger partial charge < -0.3 is 20.9 Å². The Morgan fingerprint density at radius 1 is 0.806 bits per heavy atom. The zero-order valence-corrected chi connectivity index (χ0v) is 18.6. The molecule has 0 amide bonds. The normalized spacial score (nSPS) is 11.1. The first kappa shape index (κ1) is 22.5. The molecule has 0 radical (unpaired) electrons. The van der Waals surface area contributed by atoms with Crippen LogP contribution in [-0.2, 0) is 6.54 Å². The van der Waals surface area contributed by atoms with Crippen LogP contribution in [0.5, 0.6) is 11.5 Å². The molecule has 0 bridgehead atoms. The highest BCUT2D eigenvalue weighted by molar-refractivity contribution is 5.82. The number of nitrogen functional groups attached to an aromatic ring is 1. The second kappa shape index (κ2) is 9.73. The van der Waals surface area contributed by atoms with Crippen molar-refractivity contribution in [3.8, 4) is 22.6 Å². The van der Waals surface area contributed by atoms with E-state index in [1.54, 1.807) is 5.01 Å². The van der Waals surface area contributed by atoms with E-state index < -0.39 is 0 Å². The summed E-state index contributed by atoms with van der Waals surface area (Å²) in [5.41, 5.74) is 17.4. The van der Waals surface area contributed by atoms with Crippen LogP contribution >= 0.6 is 0 Å². The third kappa shape index (κ3) is 5.48. The molecule has 164 valence electrons. The fourth-order valence-electron chi connectivity index (χ4n) is 3.38. The lowest BCUT2D eigenvalue weighted by Crippen LogP contribution is -2.26. The molecule has 6 N–H and O–H groups in total. The molecule has 0 saturated carbocycles. The largest absolute Gasteiger partial charge is 0.491 e. The Labute approximate surface area is 184 Å². The molecule has 6 nitrogen and oxygen atoms in total. The zero-order valence-electron chi connectivity index (χ0n) is 18.6. The van der Waals surface area contributed by atoms with Crippen LogP contribution in [-0.4, -0.2) is 12.2 Å². The van der Waals surface area contributed by atoms with E-state index in [0.717, 1.165) is 33.9 Å². The van der Waals surface area contributed by atoms with Crippen LogP contribution in [0, 0.1) is 0 Å². The van der Waals surface area contributed by atoms with E-state index in [2.05, 4.69) is 0 Å². The first-order chi connectivity index (χ1) is 14.8. The number of rotatable bonds is 8. The van der Waals surface area contributed by atoms with Crippen molar-refractivity contribution in [3.05, 3.63) is 66.2 Å². The Bertz CT molecular complexity index is 999. The lowest BCUT2D eigenvalue weighted by molar-refractivity contribution is 0.242. The number of benzene rings is 3. The van der Waals surface area contributed by atoms with Crippen molar-refractivity contribution in [1.29, 1.82) is 0 Å². The fourth-order valence-corrected chi connectivity index (χ4v) is 3.38. The molecule has 0 spiro atoms. The topological polar surface area (TPSA) is 99.8 Å². The highest BCUT2D eigenvalue weighted by atomic mass is 16.5. The van der Waals surface area contributed by atoms with Gasteiger partial charge in [-0.2, -0.15) is 0 Å². The lowest BCUT2D eigenvalue weighted by Gasteiger charge is -2.23. The third-order valence-corrected chi connectivity index (χ3v) is 4.76. The van der Waals surface area contributed by atoms with E-state index in [1.807, 2.05) is 88.4 Å². The molecule has 3 rings (SSSR count). The number of hydrogen-bond acceptors (Lipinski definition) is 6. The van der Waals surface area contributed by atoms with Crippen LogP contribution in [0.15, 0.2) is 60.7 Å². The van der Waals surface area contributed by atoms with Crippen LogP contribution in [0.4, 0.5) is 17.1 Å². The van der Waals surface area contributed by atoms with Crippen molar-refractivity contribution in [3.63, 3.8) is 0 Å². The summed E-state index contributed by atoms with van der Waals surface area (Å²) in [6.07, 6.45) is 0.232. The molecule has 0 aromatic heterocycles. The van der Waals surface area contributed by atoms with Gasteiger partial charge in [0.25, 0.3) is 0 Å². The van der Waals surface area contributed by atoms with Gasteiger partial charge in [-0.3, -0.25) is 5.01 Å². The minimum absolute atomic E-state index is 0.110. The number of hydrazine groups is 1. The van der Waals surface area contributed by atoms with Gasteiger partial charge in [0.05, 0.1) is 29.3 Å². The minimum Gasteiger partial charge on any atom is -0.491 e. The molecule has 0 saturated heterocycles. The summed E-state index contributed by atoms with van der Waals surface area (Å²) < 4.78 is 11.5. The summed E-state index contributed by atoms with van der Waals surface area (Å²) >= 11 is 0. The molecular formula is C25H32N4O2. The molecular weight excluding hydrogens is 388 g/mol. The van der Waals surface area contributed by atoms with Gasteiger partial charge in [0.2, 0.25) is 0 Å². The van der Waals surface area contributed by atoms with Gasteiger partial charge in [0, 0.05) is 6.54 Å². The lowest BCUT2D eigenvalue weighted by atomic mass is 9.97. The van der Waals surface area contributed by atoms with Gasteiger partial charge in [-0.15, -0.1) is 0 Å². The van der Waals surface area contributed by atoms with E-state index in [4.69, 9.17) is 26.8 Å². The summed E-state index contributed by atoms with van der Waals surface area (Å²) in [5.74, 6) is 8.07. The van der Waals surface area contributed by atoms with Gasteiger partial charge >= 0.3 is 0 Å². The van der Waals surface area contributed by atoms with Crippen LogP contribution in [0.1, 0.15) is 33.3 Å². The Morgan fingerprint density at radius 3 is 1.81 bits per heavy atom. The van der Waals surface area contributed by atoms with Crippen LogP contribution < -0.4 is 31.8 Å². The second-order valence-electron chi connectivity index (χ2n) is 7.99. The van der Waals surface area contributed by atoms with Crippen LogP contribution in [0.3, 0.4) is 0 Å². The average molecular weight is 421 g/mol. The molecule has 0 heterocycles. The van der Waals surface area contributed by atoms with E-state index in [0.29, 0.717) is 17.9 Å². The SMILES string of the molecule is CC(C)Oc1ccc(-c2cc(N(N)c3ccc(OC(C)C)cc3)c(N)cc2CN)cc1. The van der Waals surface area contributed by atoms with E-state index in [-0.39, 0.29) is 12.2 Å². The maximum Gasteiger partial charge on any atom is 0.119 e. The number of ether oxygens (including phenoxy) is 2. The van der Waals surface area contributed by atoms with Crippen molar-refractivity contribution in [1.82, 2.24) is 0 Å². The number of hydrogen-bond donors (Lipinski definition) is 3. The number of nitrogens with two attached hydrogens (primary N) is 3. The first-order valence-electron chi connectivity index (χ1n) is 10.5. The summed E-state index contributed by atoms with van der Waals surface area (Å²) in [5, 5.41) is 1.58. The molecule has 0 atom stereocenters. The smallest absolute Gasteiger partial charge is 0.119 e. The Hall–Kier alpha value is -3.22. The molecule has 0 aliphatic heterocycles. The standard InChI is InChI=1S/C25H32N4O2/c1-16(2)30-21-9-5-18(6-10-21)23-14-25(24(27)13-19(23)15-26)29(28)20-7-11-22(12-8-20)31-17(3)4/h5-14,16-17H,15,26-28H2,1-4H3. The van der Waals surface area contributed by atoms with Crippen molar-refractivity contribution >= 4 is 17.1 Å². The first-order valence-corrected chi connectivity index (χ1v) is 10.5. The molecule has 0 aliphatic carbocycles. The molecule has 3 aromatic carbocycles. The fraction of sp³-hybridized carbons (Fsp3) is 0.280. The maximum absolute atomic E-state index is 6.45. The number of nitrogens with zero attached hydrogens (tertiary/aromatic N) is 1. The molecule has 3 aromatic rings. The van der Waals surface area contributed by atoms with E-state index in [1.165, 1.54) is 0 Å². The van der Waals surface area contributed by atoms with Gasteiger partial charge in [0.1, 0.15) is 11.5 Å². The molecule has 31 heavy (non-hydrogen) atoms. The quantitative estimate of drug-likeness (QED) is 0.270. The van der Waals surface area contributed by atoms with Gasteiger partial charge in [-0.05, 0) is 92.9 Å². The predicted molar refractivity (Wildman–Crippen MR) is 128 cm³/mol. The number of anilines is 3. The van der Waals surface area contributed by atoms with E-state index >= 15 is 0 Å². The minimum atomic E-state index is 0.110. The van der Waals surface area contributed by atoms with Crippen LogP contribution in [0.2, 0.25) is 0 Å². The highest BCUT2D eigenvalue weighted by Gasteiger charge is 2.15. The summed E-state index contributed by atoms with van der Waals surface area (Å²) in [7, 11) is 0. The summed E-state index contributed by atoms with van der Waals surface area (Å²) in [6.45, 7) is 8.36. The van der Waals surface area contributed by atoms with Gasteiger partial charge in [0.15, 0.2) is 0 Å². The van der Waals surface area contributed by atoms with Crippen LogP contribution in [0.25, 0.3) is 11.1 Å². The van der Waals surface area contributed by atoms with E-state index in [9.17, 15) is 0 Å². The predicted octanol–water partition coefficient (Wildman–Crippen LogP) is 4.98. The van der Waals surface area contributed by atoms with Crippen molar-refractivity contribution in [2.24, 2.45) is 11.6 Å². The third-order valence-electron chi connectivity index (χ3n) is 4.76. The molecule has 0 unspecified atom stereocenters. The van der Waals surface area contributed by atoms with Gasteiger partial charge in [-0.1, -0.05) is 12.1 Å². The zero-order chi connectivity index (χ0) is 22.5. The molecule has 0 fully saturated rings. The average Bonchev–Trinajstić information content (AvgIpc) is 2.73. The summed E-state index contributed by atoms with van der Waals surface area (Å²) in [4.78, 5) is 0. The second-order valence-corrected chi connectivity index (χ2v) is 7.99. The Morgan fingerprint density at radius 2 is 1.32 bits per heavy atom. The Kier molecular flexibility index (Phi) is 7.05. The van der Waals surface area contributed by atoms with Gasteiger partial charge in [-0.25, -0.2) is 5.84 Å². The summed E-state index contributed by atoms with van der Waals surface area (Å²) in [6, 6.07) is 19.4.